The zero-order valence-corrected chi connectivity index (χ0v) is 12.3. The smallest absolute Gasteiger partial charge is 0.386 e. The number of aromatic nitrogens is 2. The molecule has 5 nitrogen and oxygen atoms in total. The van der Waals surface area contributed by atoms with Crippen molar-refractivity contribution < 1.29 is 23.1 Å². The predicted molar refractivity (Wildman–Crippen MR) is 76.5 cm³/mol. The van der Waals surface area contributed by atoms with Crippen LogP contribution in [-0.4, -0.2) is 27.3 Å². The van der Waals surface area contributed by atoms with Gasteiger partial charge in [0.25, 0.3) is 5.91 Å². The Morgan fingerprint density at radius 1 is 1.30 bits per heavy atom. The van der Waals surface area contributed by atoms with E-state index in [1.165, 1.54) is 24.4 Å². The molecule has 0 fully saturated rings. The Labute approximate surface area is 130 Å². The first-order valence-corrected chi connectivity index (χ1v) is 6.98. The summed E-state index contributed by atoms with van der Waals surface area (Å²) in [7, 11) is 0. The van der Waals surface area contributed by atoms with Gasteiger partial charge in [0, 0.05) is 6.20 Å². The van der Waals surface area contributed by atoms with Crippen molar-refractivity contribution in [2.24, 2.45) is 0 Å². The van der Waals surface area contributed by atoms with E-state index in [0.29, 0.717) is 12.0 Å². The Bertz CT molecular complexity index is 639. The van der Waals surface area contributed by atoms with Crippen LogP contribution < -0.4 is 5.32 Å². The Morgan fingerprint density at radius 2 is 1.96 bits per heavy atom. The molecule has 0 aliphatic carbocycles. The number of carbonyl (C=O) groups excluding carboxylic acids is 1. The van der Waals surface area contributed by atoms with Crippen LogP contribution >= 0.6 is 0 Å². The first-order chi connectivity index (χ1) is 10.8. The van der Waals surface area contributed by atoms with Gasteiger partial charge < -0.3 is 10.4 Å². The van der Waals surface area contributed by atoms with Gasteiger partial charge in [0.1, 0.15) is 5.69 Å². The Morgan fingerprint density at radius 3 is 2.43 bits per heavy atom. The number of carbonyl (C=O) groups is 1. The fourth-order valence-corrected chi connectivity index (χ4v) is 2.13. The second-order valence-electron chi connectivity index (χ2n) is 5.02. The molecule has 0 saturated carbocycles. The van der Waals surface area contributed by atoms with E-state index in [-0.39, 0.29) is 5.69 Å². The molecule has 1 aromatic carbocycles. The Kier molecular flexibility index (Phi) is 5.05. The van der Waals surface area contributed by atoms with Crippen molar-refractivity contribution in [3.05, 3.63) is 53.3 Å². The summed E-state index contributed by atoms with van der Waals surface area (Å²) in [6.45, 7) is 1.76. The lowest BCUT2D eigenvalue weighted by Crippen LogP contribution is -2.39. The molecule has 1 aromatic heterocycles. The molecule has 2 atom stereocenters. The van der Waals surface area contributed by atoms with Crippen molar-refractivity contribution >= 4 is 5.91 Å². The Hall–Kier alpha value is -2.35. The van der Waals surface area contributed by atoms with Crippen LogP contribution in [0, 0.1) is 0 Å². The number of amides is 1. The van der Waals surface area contributed by atoms with Crippen LogP contribution in [0.25, 0.3) is 0 Å². The number of aliphatic hydroxyl groups is 1. The molecule has 0 spiro atoms. The van der Waals surface area contributed by atoms with Gasteiger partial charge in [-0.1, -0.05) is 19.1 Å². The van der Waals surface area contributed by atoms with Gasteiger partial charge in [0.15, 0.2) is 0 Å². The molecule has 0 saturated heterocycles. The zero-order valence-electron chi connectivity index (χ0n) is 12.3. The maximum absolute atomic E-state index is 12.5. The molecule has 1 amide bonds. The van der Waals surface area contributed by atoms with Crippen molar-refractivity contribution in [1.29, 1.82) is 0 Å². The molecule has 0 unspecified atom stereocenters. The molecule has 2 rings (SSSR count). The lowest BCUT2D eigenvalue weighted by atomic mass is 9.99. The van der Waals surface area contributed by atoms with Gasteiger partial charge in [-0.25, -0.2) is 0 Å². The third-order valence-electron chi connectivity index (χ3n) is 3.46. The molecular weight excluding hydrogens is 311 g/mol. The standard InChI is InChI=1S/C15H16F3N3O2/c1-2-11(20-14(23)12-7-8-19-21-12)13(22)9-3-5-10(6-4-9)15(16,17)18/h3-8,11,13,22H,2H2,1H3,(H,19,21)(H,20,23)/t11-,13+/m1/s1. The van der Waals surface area contributed by atoms with E-state index in [4.69, 9.17) is 0 Å². The average Bonchev–Trinajstić information content (AvgIpc) is 3.05. The summed E-state index contributed by atoms with van der Waals surface area (Å²) < 4.78 is 37.6. The van der Waals surface area contributed by atoms with E-state index in [1.807, 2.05) is 0 Å². The number of hydrogen-bond donors (Lipinski definition) is 3. The number of hydrogen-bond acceptors (Lipinski definition) is 3. The minimum atomic E-state index is -4.43. The molecule has 1 heterocycles. The number of H-pyrrole nitrogens is 1. The van der Waals surface area contributed by atoms with Crippen LogP contribution in [0.4, 0.5) is 13.2 Å². The van der Waals surface area contributed by atoms with Crippen LogP contribution in [0.2, 0.25) is 0 Å². The molecular formula is C15H16F3N3O2. The average molecular weight is 327 g/mol. The first-order valence-electron chi connectivity index (χ1n) is 6.98. The highest BCUT2D eigenvalue weighted by atomic mass is 19.4. The molecule has 2 aromatic rings. The van der Waals surface area contributed by atoms with Crippen LogP contribution in [-0.2, 0) is 6.18 Å². The van der Waals surface area contributed by atoms with Crippen molar-refractivity contribution in [3.8, 4) is 0 Å². The van der Waals surface area contributed by atoms with Gasteiger partial charge in [-0.3, -0.25) is 9.89 Å². The van der Waals surface area contributed by atoms with Gasteiger partial charge in [-0.15, -0.1) is 0 Å². The number of aliphatic hydroxyl groups excluding tert-OH is 1. The van der Waals surface area contributed by atoms with Crippen LogP contribution in [0.1, 0.15) is 41.1 Å². The number of halogens is 3. The summed E-state index contributed by atoms with van der Waals surface area (Å²) in [5.41, 5.74) is -0.249. The minimum Gasteiger partial charge on any atom is -0.386 e. The molecule has 0 aliphatic heterocycles. The molecule has 0 radical (unpaired) electrons. The normalized spacial score (nSPS) is 14.3. The number of benzene rings is 1. The summed E-state index contributed by atoms with van der Waals surface area (Å²) in [5.74, 6) is -0.444. The lowest BCUT2D eigenvalue weighted by Gasteiger charge is -2.23. The molecule has 3 N–H and O–H groups in total. The maximum Gasteiger partial charge on any atom is 0.416 e. The molecule has 23 heavy (non-hydrogen) atoms. The van der Waals surface area contributed by atoms with E-state index in [2.05, 4.69) is 15.5 Å². The lowest BCUT2D eigenvalue weighted by molar-refractivity contribution is -0.137. The first kappa shape index (κ1) is 17.0. The number of nitrogens with zero attached hydrogens (tertiary/aromatic N) is 1. The van der Waals surface area contributed by atoms with E-state index in [1.54, 1.807) is 6.92 Å². The maximum atomic E-state index is 12.5. The molecule has 0 aliphatic rings. The summed E-state index contributed by atoms with van der Waals surface area (Å²) >= 11 is 0. The van der Waals surface area contributed by atoms with Gasteiger partial charge in [0.2, 0.25) is 0 Å². The van der Waals surface area contributed by atoms with Gasteiger partial charge in [-0.05, 0) is 30.2 Å². The van der Waals surface area contributed by atoms with Crippen LogP contribution in [0.3, 0.4) is 0 Å². The second-order valence-corrected chi connectivity index (χ2v) is 5.02. The monoisotopic (exact) mass is 327 g/mol. The minimum absolute atomic E-state index is 0.239. The van der Waals surface area contributed by atoms with Gasteiger partial charge in [-0.2, -0.15) is 18.3 Å². The molecule has 0 bridgehead atoms. The molecule has 124 valence electrons. The SMILES string of the molecule is CC[C@@H](NC(=O)c1ccn[nH]1)[C@@H](O)c1ccc(C(F)(F)F)cc1. The number of rotatable bonds is 5. The third-order valence-corrected chi connectivity index (χ3v) is 3.46. The van der Waals surface area contributed by atoms with Gasteiger partial charge in [0.05, 0.1) is 17.7 Å². The van der Waals surface area contributed by atoms with E-state index >= 15 is 0 Å². The zero-order chi connectivity index (χ0) is 17.0. The summed E-state index contributed by atoms with van der Waals surface area (Å²) in [6, 6.07) is 5.07. The van der Waals surface area contributed by atoms with Crippen molar-refractivity contribution in [1.82, 2.24) is 15.5 Å². The third kappa shape index (κ3) is 4.10. The Balaban J connectivity index is 2.10. The highest BCUT2D eigenvalue weighted by molar-refractivity contribution is 5.92. The van der Waals surface area contributed by atoms with E-state index in [0.717, 1.165) is 12.1 Å². The van der Waals surface area contributed by atoms with E-state index < -0.39 is 29.8 Å². The number of alkyl halides is 3. The fraction of sp³-hybridized carbons (Fsp3) is 0.333. The number of nitrogens with one attached hydrogen (secondary N) is 2. The summed E-state index contributed by atoms with van der Waals surface area (Å²) in [6.07, 6.45) is -3.72. The van der Waals surface area contributed by atoms with Crippen molar-refractivity contribution in [3.63, 3.8) is 0 Å². The van der Waals surface area contributed by atoms with Crippen LogP contribution in [0.15, 0.2) is 36.5 Å². The highest BCUT2D eigenvalue weighted by Crippen LogP contribution is 2.30. The van der Waals surface area contributed by atoms with Crippen LogP contribution in [0.5, 0.6) is 0 Å². The highest BCUT2D eigenvalue weighted by Gasteiger charge is 2.30. The predicted octanol–water partition coefficient (Wildman–Crippen LogP) is 2.67. The van der Waals surface area contributed by atoms with E-state index in [9.17, 15) is 23.1 Å². The summed E-state index contributed by atoms with van der Waals surface area (Å²) in [4.78, 5) is 12.0. The topological polar surface area (TPSA) is 78.0 Å². The summed E-state index contributed by atoms with van der Waals surface area (Å²) in [5, 5.41) is 19.1. The quantitative estimate of drug-likeness (QED) is 0.790. The fourth-order valence-electron chi connectivity index (χ4n) is 2.13. The number of aromatic amines is 1. The van der Waals surface area contributed by atoms with Gasteiger partial charge >= 0.3 is 6.18 Å². The second kappa shape index (κ2) is 6.82. The van der Waals surface area contributed by atoms with Crippen molar-refractivity contribution in [2.75, 3.05) is 0 Å². The van der Waals surface area contributed by atoms with Crippen molar-refractivity contribution in [2.45, 2.75) is 31.7 Å². The largest absolute Gasteiger partial charge is 0.416 e. The molecule has 8 heteroatoms.